The maximum Gasteiger partial charge on any atom is 0.251 e. The van der Waals surface area contributed by atoms with Crippen LogP contribution in [0.5, 0.6) is 5.75 Å². The molecule has 1 aliphatic heterocycles. The number of carbonyl (C=O) groups excluding carboxylic acids is 1. The van der Waals surface area contributed by atoms with Crippen LogP contribution >= 0.6 is 0 Å². The van der Waals surface area contributed by atoms with Gasteiger partial charge < -0.3 is 15.2 Å². The van der Waals surface area contributed by atoms with Gasteiger partial charge in [0.15, 0.2) is 11.6 Å². The number of benzene rings is 2. The van der Waals surface area contributed by atoms with Crippen LogP contribution < -0.4 is 10.1 Å². The molecule has 26 heavy (non-hydrogen) atoms. The van der Waals surface area contributed by atoms with Crippen molar-refractivity contribution in [1.29, 1.82) is 5.26 Å². The van der Waals surface area contributed by atoms with Crippen molar-refractivity contribution < 1.29 is 23.4 Å². The van der Waals surface area contributed by atoms with E-state index < -0.39 is 35.3 Å². The largest absolute Gasteiger partial charge is 0.485 e. The molecule has 2 aromatic rings. The fraction of sp³-hybridized carbons (Fsp3) is 0.263. The summed E-state index contributed by atoms with van der Waals surface area (Å²) in [6.07, 6.45) is -1.14. The summed E-state index contributed by atoms with van der Waals surface area (Å²) in [6, 6.07) is 8.56. The third kappa shape index (κ3) is 3.11. The number of nitrogens with one attached hydrogen (secondary N) is 1. The average molecular weight is 358 g/mol. The second-order valence-corrected chi connectivity index (χ2v) is 6.59. The molecule has 5 nitrogen and oxygen atoms in total. The molecule has 0 unspecified atom stereocenters. The monoisotopic (exact) mass is 358 g/mol. The van der Waals surface area contributed by atoms with Crippen LogP contribution in [-0.4, -0.2) is 22.7 Å². The SMILES string of the molecule is CC1(C)Oc2ccc(C#N)cc2[C@@H](O)[C@@H]1NC(=O)c1ccc(F)c(F)c1. The Balaban J connectivity index is 1.91. The first-order valence-corrected chi connectivity index (χ1v) is 7.90. The molecular weight excluding hydrogens is 342 g/mol. The zero-order valence-corrected chi connectivity index (χ0v) is 14.1. The number of aliphatic hydroxyl groups is 1. The third-order valence-corrected chi connectivity index (χ3v) is 4.36. The highest BCUT2D eigenvalue weighted by Gasteiger charge is 2.44. The Morgan fingerprint density at radius 1 is 1.23 bits per heavy atom. The highest BCUT2D eigenvalue weighted by atomic mass is 19.2. The number of fused-ring (bicyclic) bond motifs is 1. The topological polar surface area (TPSA) is 82.3 Å². The lowest BCUT2D eigenvalue weighted by molar-refractivity contribution is -0.0253. The molecule has 2 aromatic carbocycles. The molecule has 134 valence electrons. The van der Waals surface area contributed by atoms with Crippen molar-refractivity contribution in [3.8, 4) is 11.8 Å². The zero-order valence-electron chi connectivity index (χ0n) is 14.1. The minimum Gasteiger partial charge on any atom is -0.485 e. The van der Waals surface area contributed by atoms with Crippen LogP contribution in [0.15, 0.2) is 36.4 Å². The van der Waals surface area contributed by atoms with Crippen molar-refractivity contribution >= 4 is 5.91 Å². The fourth-order valence-corrected chi connectivity index (χ4v) is 2.96. The van der Waals surface area contributed by atoms with Crippen molar-refractivity contribution in [1.82, 2.24) is 5.32 Å². The second-order valence-electron chi connectivity index (χ2n) is 6.59. The van der Waals surface area contributed by atoms with Gasteiger partial charge in [0.05, 0.1) is 17.7 Å². The van der Waals surface area contributed by atoms with Gasteiger partial charge in [-0.05, 0) is 50.2 Å². The molecule has 1 heterocycles. The summed E-state index contributed by atoms with van der Waals surface area (Å²) in [4.78, 5) is 12.4. The van der Waals surface area contributed by atoms with Gasteiger partial charge in [-0.15, -0.1) is 0 Å². The quantitative estimate of drug-likeness (QED) is 0.865. The molecule has 0 spiro atoms. The van der Waals surface area contributed by atoms with Crippen LogP contribution in [0, 0.1) is 23.0 Å². The van der Waals surface area contributed by atoms with Crippen LogP contribution in [0.25, 0.3) is 0 Å². The van der Waals surface area contributed by atoms with Crippen LogP contribution in [0.3, 0.4) is 0 Å². The number of carbonyl (C=O) groups is 1. The van der Waals surface area contributed by atoms with E-state index in [-0.39, 0.29) is 5.56 Å². The van der Waals surface area contributed by atoms with Crippen LogP contribution in [-0.2, 0) is 0 Å². The summed E-state index contributed by atoms with van der Waals surface area (Å²) in [5, 5.41) is 22.4. The number of aliphatic hydroxyl groups excluding tert-OH is 1. The molecule has 0 saturated heterocycles. The lowest BCUT2D eigenvalue weighted by Crippen LogP contribution is -2.57. The molecule has 0 saturated carbocycles. The standard InChI is InChI=1S/C19H16F2N2O3/c1-19(2)17(23-18(25)11-4-5-13(20)14(21)8-11)16(24)12-7-10(9-22)3-6-15(12)26-19/h3-8,16-17,24H,1-2H3,(H,23,25)/t16-,17+/m1/s1. The van der Waals surface area contributed by atoms with Crippen molar-refractivity contribution in [3.63, 3.8) is 0 Å². The molecule has 3 rings (SSSR count). The summed E-state index contributed by atoms with van der Waals surface area (Å²) in [6.45, 7) is 3.38. The van der Waals surface area contributed by atoms with Gasteiger partial charge in [0, 0.05) is 11.1 Å². The maximum atomic E-state index is 13.4. The number of hydrogen-bond donors (Lipinski definition) is 2. The summed E-state index contributed by atoms with van der Waals surface area (Å²) in [5.41, 5.74) is -0.339. The molecule has 2 atom stereocenters. The molecular formula is C19H16F2N2O3. The van der Waals surface area contributed by atoms with E-state index in [9.17, 15) is 18.7 Å². The number of nitriles is 1. The van der Waals surface area contributed by atoms with Gasteiger partial charge in [-0.25, -0.2) is 8.78 Å². The summed E-state index contributed by atoms with van der Waals surface area (Å²) in [5.74, 6) is -2.45. The van der Waals surface area contributed by atoms with E-state index in [2.05, 4.69) is 5.32 Å². The van der Waals surface area contributed by atoms with Crippen molar-refractivity contribution in [2.24, 2.45) is 0 Å². The number of ether oxygens (including phenoxy) is 1. The Morgan fingerprint density at radius 3 is 2.62 bits per heavy atom. The van der Waals surface area contributed by atoms with Gasteiger partial charge in [-0.1, -0.05) is 0 Å². The summed E-state index contributed by atoms with van der Waals surface area (Å²) in [7, 11) is 0. The summed E-state index contributed by atoms with van der Waals surface area (Å²) >= 11 is 0. The predicted octanol–water partition coefficient (Wildman–Crippen LogP) is 2.84. The molecule has 7 heteroatoms. The average Bonchev–Trinajstić information content (AvgIpc) is 2.60. The minimum absolute atomic E-state index is 0.0801. The molecule has 2 N–H and O–H groups in total. The third-order valence-electron chi connectivity index (χ3n) is 4.36. The Kier molecular flexibility index (Phi) is 4.38. The van der Waals surface area contributed by atoms with Gasteiger partial charge >= 0.3 is 0 Å². The lowest BCUT2D eigenvalue weighted by atomic mass is 9.85. The van der Waals surface area contributed by atoms with Gasteiger partial charge in [0.1, 0.15) is 17.5 Å². The Morgan fingerprint density at radius 2 is 1.96 bits per heavy atom. The van der Waals surface area contributed by atoms with Crippen LogP contribution in [0.2, 0.25) is 0 Å². The molecule has 1 amide bonds. The maximum absolute atomic E-state index is 13.4. The van der Waals surface area contributed by atoms with Crippen molar-refractivity contribution in [3.05, 3.63) is 64.7 Å². The first-order valence-electron chi connectivity index (χ1n) is 7.90. The number of amides is 1. The van der Waals surface area contributed by atoms with Gasteiger partial charge in [0.2, 0.25) is 0 Å². The van der Waals surface area contributed by atoms with Crippen LogP contribution in [0.4, 0.5) is 8.78 Å². The second kappa shape index (κ2) is 6.39. The predicted molar refractivity (Wildman–Crippen MR) is 88.4 cm³/mol. The number of rotatable bonds is 2. The van der Waals surface area contributed by atoms with E-state index in [4.69, 9.17) is 10.00 Å². The molecule has 0 aromatic heterocycles. The van der Waals surface area contributed by atoms with E-state index >= 15 is 0 Å². The van der Waals surface area contributed by atoms with Gasteiger partial charge in [-0.3, -0.25) is 4.79 Å². The smallest absolute Gasteiger partial charge is 0.251 e. The van der Waals surface area contributed by atoms with Gasteiger partial charge in [-0.2, -0.15) is 5.26 Å². The zero-order chi connectivity index (χ0) is 19.1. The van der Waals surface area contributed by atoms with Crippen molar-refractivity contribution in [2.75, 3.05) is 0 Å². The van der Waals surface area contributed by atoms with Crippen molar-refractivity contribution in [2.45, 2.75) is 31.6 Å². The van der Waals surface area contributed by atoms with E-state index in [1.165, 1.54) is 6.07 Å². The van der Waals surface area contributed by atoms with Gasteiger partial charge in [0.25, 0.3) is 5.91 Å². The van der Waals surface area contributed by atoms with Crippen LogP contribution in [0.1, 0.15) is 41.4 Å². The molecule has 0 fully saturated rings. The van der Waals surface area contributed by atoms with E-state index in [0.717, 1.165) is 18.2 Å². The number of nitrogens with zero attached hydrogens (tertiary/aromatic N) is 1. The molecule has 0 aliphatic carbocycles. The minimum atomic E-state index is -1.14. The van der Waals surface area contributed by atoms with E-state index in [1.54, 1.807) is 26.0 Å². The fourth-order valence-electron chi connectivity index (χ4n) is 2.96. The number of hydrogen-bond acceptors (Lipinski definition) is 4. The normalized spacial score (nSPS) is 20.5. The van der Waals surface area contributed by atoms with E-state index in [0.29, 0.717) is 16.9 Å². The molecule has 0 radical (unpaired) electrons. The molecule has 1 aliphatic rings. The highest BCUT2D eigenvalue weighted by molar-refractivity contribution is 5.94. The lowest BCUT2D eigenvalue weighted by Gasteiger charge is -2.43. The first kappa shape index (κ1) is 17.8. The van der Waals surface area contributed by atoms with E-state index in [1.807, 2.05) is 6.07 Å². The summed E-state index contributed by atoms with van der Waals surface area (Å²) < 4.78 is 32.3. The Labute approximate surface area is 148 Å². The Hall–Kier alpha value is -2.98. The number of halogens is 2. The molecule has 0 bridgehead atoms. The highest BCUT2D eigenvalue weighted by Crippen LogP contribution is 2.40. The Bertz CT molecular complexity index is 921. The first-order chi connectivity index (χ1) is 12.2.